The van der Waals surface area contributed by atoms with Crippen molar-refractivity contribution < 1.29 is 9.53 Å². The van der Waals surface area contributed by atoms with E-state index in [0.717, 1.165) is 38.3 Å². The zero-order valence-corrected chi connectivity index (χ0v) is 11.0. The van der Waals surface area contributed by atoms with Gasteiger partial charge in [-0.3, -0.25) is 14.4 Å². The Hall–Kier alpha value is -1.43. The van der Waals surface area contributed by atoms with Crippen molar-refractivity contribution in [2.24, 2.45) is 13.0 Å². The van der Waals surface area contributed by atoms with E-state index in [9.17, 15) is 4.79 Å². The highest BCUT2D eigenvalue weighted by Crippen LogP contribution is 2.19. The van der Waals surface area contributed by atoms with Crippen LogP contribution in [0.1, 0.15) is 25.6 Å². The molecule has 0 bridgehead atoms. The maximum absolute atomic E-state index is 11.7. The second kappa shape index (κ2) is 5.95. The number of ether oxygens (including phenoxy) is 1. The maximum Gasteiger partial charge on any atom is 0.310 e. The topological polar surface area (TPSA) is 60.2 Å². The minimum atomic E-state index is -0.0693. The van der Waals surface area contributed by atoms with Gasteiger partial charge in [0.25, 0.3) is 0 Å². The Kier molecular flexibility index (Phi) is 4.30. The van der Waals surface area contributed by atoms with Crippen LogP contribution in [0.5, 0.6) is 0 Å². The third kappa shape index (κ3) is 3.07. The molecule has 0 radical (unpaired) electrons. The molecule has 0 spiro atoms. The lowest BCUT2D eigenvalue weighted by Gasteiger charge is -2.30. The molecule has 1 aliphatic heterocycles. The highest BCUT2D eigenvalue weighted by molar-refractivity contribution is 5.72. The molecule has 1 aromatic heterocycles. The van der Waals surface area contributed by atoms with Crippen LogP contribution in [-0.4, -0.2) is 45.3 Å². The number of esters is 1. The molecule has 0 amide bonds. The highest BCUT2D eigenvalue weighted by Gasteiger charge is 2.27. The molecule has 0 aliphatic carbocycles. The molecule has 0 N–H and O–H groups in total. The van der Waals surface area contributed by atoms with Gasteiger partial charge in [0.1, 0.15) is 12.2 Å². The molecule has 1 atom stereocenters. The highest BCUT2D eigenvalue weighted by atomic mass is 16.5. The Morgan fingerprint density at radius 2 is 2.44 bits per heavy atom. The Bertz CT molecular complexity index is 405. The molecule has 1 aromatic rings. The molecule has 2 heterocycles. The molecular formula is C12H20N4O2. The Labute approximate surface area is 107 Å². The minimum Gasteiger partial charge on any atom is -0.466 e. The number of nitrogens with zero attached hydrogens (tertiary/aromatic N) is 4. The predicted molar refractivity (Wildman–Crippen MR) is 65.6 cm³/mol. The zero-order valence-electron chi connectivity index (χ0n) is 11.0. The van der Waals surface area contributed by atoms with Crippen molar-refractivity contribution in [1.29, 1.82) is 0 Å². The summed E-state index contributed by atoms with van der Waals surface area (Å²) in [6.45, 7) is 4.80. The first-order chi connectivity index (χ1) is 8.70. The van der Waals surface area contributed by atoms with Gasteiger partial charge in [0, 0.05) is 13.6 Å². The number of carbonyl (C=O) groups excluding carboxylic acids is 1. The molecule has 6 nitrogen and oxygen atoms in total. The number of piperidine rings is 1. The predicted octanol–water partition coefficient (Wildman–Crippen LogP) is 0.590. The van der Waals surface area contributed by atoms with Crippen molar-refractivity contribution >= 4 is 5.97 Å². The fraction of sp³-hybridized carbons (Fsp3) is 0.750. The van der Waals surface area contributed by atoms with Gasteiger partial charge in [-0.1, -0.05) is 0 Å². The van der Waals surface area contributed by atoms with Gasteiger partial charge in [0.05, 0.1) is 19.1 Å². The SMILES string of the molecule is CCOC(=O)[C@H]1CCCN(Cc2ncnn2C)C1. The molecule has 1 saturated heterocycles. The van der Waals surface area contributed by atoms with Gasteiger partial charge in [-0.15, -0.1) is 0 Å². The van der Waals surface area contributed by atoms with E-state index in [-0.39, 0.29) is 11.9 Å². The van der Waals surface area contributed by atoms with Crippen LogP contribution in [0.2, 0.25) is 0 Å². The van der Waals surface area contributed by atoms with Crippen LogP contribution in [0.15, 0.2) is 6.33 Å². The molecule has 0 unspecified atom stereocenters. The lowest BCUT2D eigenvalue weighted by Crippen LogP contribution is -2.39. The van der Waals surface area contributed by atoms with Crippen molar-refractivity contribution in [3.8, 4) is 0 Å². The molecule has 1 fully saturated rings. The van der Waals surface area contributed by atoms with E-state index in [1.165, 1.54) is 0 Å². The molecule has 100 valence electrons. The quantitative estimate of drug-likeness (QED) is 0.734. The second-order valence-electron chi connectivity index (χ2n) is 4.63. The van der Waals surface area contributed by atoms with E-state index in [1.54, 1.807) is 11.0 Å². The number of hydrogen-bond donors (Lipinski definition) is 0. The Morgan fingerprint density at radius 3 is 3.11 bits per heavy atom. The van der Waals surface area contributed by atoms with Gasteiger partial charge < -0.3 is 4.74 Å². The third-order valence-electron chi connectivity index (χ3n) is 3.30. The average molecular weight is 252 g/mol. The number of aryl methyl sites for hydroxylation is 1. The number of rotatable bonds is 4. The van der Waals surface area contributed by atoms with E-state index >= 15 is 0 Å². The van der Waals surface area contributed by atoms with Gasteiger partial charge >= 0.3 is 5.97 Å². The number of likely N-dealkylation sites (tertiary alicyclic amines) is 1. The lowest BCUT2D eigenvalue weighted by molar-refractivity contribution is -0.150. The molecular weight excluding hydrogens is 232 g/mol. The molecule has 2 rings (SSSR count). The monoisotopic (exact) mass is 252 g/mol. The van der Waals surface area contributed by atoms with Gasteiger partial charge in [-0.2, -0.15) is 5.10 Å². The van der Waals surface area contributed by atoms with Crippen molar-refractivity contribution in [2.75, 3.05) is 19.7 Å². The van der Waals surface area contributed by atoms with E-state index in [0.29, 0.717) is 6.61 Å². The maximum atomic E-state index is 11.7. The third-order valence-corrected chi connectivity index (χ3v) is 3.30. The summed E-state index contributed by atoms with van der Waals surface area (Å²) in [5, 5.41) is 4.05. The van der Waals surface area contributed by atoms with E-state index in [1.807, 2.05) is 14.0 Å². The average Bonchev–Trinajstić information content (AvgIpc) is 2.76. The summed E-state index contributed by atoms with van der Waals surface area (Å²) in [5.74, 6) is 0.867. The lowest BCUT2D eigenvalue weighted by atomic mass is 9.98. The summed E-state index contributed by atoms with van der Waals surface area (Å²) < 4.78 is 6.86. The van der Waals surface area contributed by atoms with Crippen LogP contribution < -0.4 is 0 Å². The van der Waals surface area contributed by atoms with Gasteiger partial charge in [-0.05, 0) is 26.3 Å². The smallest absolute Gasteiger partial charge is 0.310 e. The van der Waals surface area contributed by atoms with Crippen molar-refractivity contribution in [3.63, 3.8) is 0 Å². The van der Waals surface area contributed by atoms with Gasteiger partial charge in [-0.25, -0.2) is 4.98 Å². The summed E-state index contributed by atoms with van der Waals surface area (Å²) in [6, 6.07) is 0. The summed E-state index contributed by atoms with van der Waals surface area (Å²) in [7, 11) is 1.88. The van der Waals surface area contributed by atoms with Gasteiger partial charge in [0.15, 0.2) is 0 Å². The first-order valence-corrected chi connectivity index (χ1v) is 6.42. The van der Waals surface area contributed by atoms with Crippen LogP contribution >= 0.6 is 0 Å². The molecule has 0 saturated carbocycles. The number of aromatic nitrogens is 3. The van der Waals surface area contributed by atoms with Crippen LogP contribution in [0.3, 0.4) is 0 Å². The number of hydrogen-bond acceptors (Lipinski definition) is 5. The minimum absolute atomic E-state index is 0.00641. The van der Waals surface area contributed by atoms with E-state index in [4.69, 9.17) is 4.74 Å². The first kappa shape index (κ1) is 13.0. The van der Waals surface area contributed by atoms with Crippen LogP contribution in [0.25, 0.3) is 0 Å². The fourth-order valence-electron chi connectivity index (χ4n) is 2.31. The Balaban J connectivity index is 1.91. The normalized spacial score (nSPS) is 20.9. The van der Waals surface area contributed by atoms with Gasteiger partial charge in [0.2, 0.25) is 0 Å². The van der Waals surface area contributed by atoms with Crippen molar-refractivity contribution in [1.82, 2.24) is 19.7 Å². The fourth-order valence-corrected chi connectivity index (χ4v) is 2.31. The van der Waals surface area contributed by atoms with E-state index in [2.05, 4.69) is 15.0 Å². The second-order valence-corrected chi connectivity index (χ2v) is 4.63. The van der Waals surface area contributed by atoms with Crippen LogP contribution in [0, 0.1) is 5.92 Å². The van der Waals surface area contributed by atoms with Crippen molar-refractivity contribution in [3.05, 3.63) is 12.2 Å². The standard InChI is InChI=1S/C12H20N4O2/c1-3-18-12(17)10-5-4-6-16(7-10)8-11-13-9-14-15(11)2/h9-10H,3-8H2,1-2H3/t10-/m0/s1. The van der Waals surface area contributed by atoms with Crippen LogP contribution in [-0.2, 0) is 23.1 Å². The summed E-state index contributed by atoms with van der Waals surface area (Å²) in [6.07, 6.45) is 3.51. The summed E-state index contributed by atoms with van der Waals surface area (Å²) >= 11 is 0. The zero-order chi connectivity index (χ0) is 13.0. The summed E-state index contributed by atoms with van der Waals surface area (Å²) in [4.78, 5) is 18.2. The number of carbonyl (C=O) groups is 1. The molecule has 18 heavy (non-hydrogen) atoms. The molecule has 0 aromatic carbocycles. The van der Waals surface area contributed by atoms with E-state index < -0.39 is 0 Å². The molecule has 1 aliphatic rings. The van der Waals surface area contributed by atoms with Crippen LogP contribution in [0.4, 0.5) is 0 Å². The summed E-state index contributed by atoms with van der Waals surface area (Å²) in [5.41, 5.74) is 0. The Morgan fingerprint density at radius 1 is 1.61 bits per heavy atom. The molecule has 6 heteroatoms. The first-order valence-electron chi connectivity index (χ1n) is 6.42. The van der Waals surface area contributed by atoms with Crippen molar-refractivity contribution in [2.45, 2.75) is 26.3 Å². The largest absolute Gasteiger partial charge is 0.466 e.